The fourth-order valence-electron chi connectivity index (χ4n) is 1.82. The molecule has 0 saturated carbocycles. The second-order valence-electron chi connectivity index (χ2n) is 4.62. The van der Waals surface area contributed by atoms with Gasteiger partial charge in [-0.3, -0.25) is 4.68 Å². The average Bonchev–Trinajstić information content (AvgIpc) is 2.82. The number of carboxylic acid groups (broad SMARTS) is 1. The SMILES string of the molecule is CC(C)n1nc(C(=O)O)cc1COc1ccccc1O. The molecule has 0 aliphatic heterocycles. The highest BCUT2D eigenvalue weighted by Crippen LogP contribution is 2.25. The van der Waals surface area contributed by atoms with Crippen LogP contribution in [-0.4, -0.2) is 26.0 Å². The van der Waals surface area contributed by atoms with Gasteiger partial charge >= 0.3 is 5.97 Å². The quantitative estimate of drug-likeness (QED) is 0.876. The van der Waals surface area contributed by atoms with Crippen molar-refractivity contribution in [1.29, 1.82) is 0 Å². The number of ether oxygens (including phenoxy) is 1. The summed E-state index contributed by atoms with van der Waals surface area (Å²) in [7, 11) is 0. The highest BCUT2D eigenvalue weighted by Gasteiger charge is 2.15. The summed E-state index contributed by atoms with van der Waals surface area (Å²) >= 11 is 0. The largest absolute Gasteiger partial charge is 0.504 e. The first-order valence-corrected chi connectivity index (χ1v) is 6.21. The predicted octanol–water partition coefficient (Wildman–Crippen LogP) is 2.45. The van der Waals surface area contributed by atoms with Crippen molar-refractivity contribution in [3.8, 4) is 11.5 Å². The first-order valence-electron chi connectivity index (χ1n) is 6.21. The normalized spacial score (nSPS) is 10.8. The molecule has 0 bridgehead atoms. The zero-order chi connectivity index (χ0) is 14.7. The van der Waals surface area contributed by atoms with E-state index in [9.17, 15) is 9.90 Å². The Labute approximate surface area is 116 Å². The molecule has 0 unspecified atom stereocenters. The van der Waals surface area contributed by atoms with Crippen LogP contribution in [0.4, 0.5) is 0 Å². The van der Waals surface area contributed by atoms with Gasteiger partial charge in [0.15, 0.2) is 17.2 Å². The number of para-hydroxylation sites is 2. The molecule has 1 heterocycles. The van der Waals surface area contributed by atoms with Crippen LogP contribution in [0.3, 0.4) is 0 Å². The van der Waals surface area contributed by atoms with E-state index in [-0.39, 0.29) is 24.1 Å². The molecule has 0 fully saturated rings. The summed E-state index contributed by atoms with van der Waals surface area (Å²) in [5, 5.41) is 22.6. The lowest BCUT2D eigenvalue weighted by Gasteiger charge is -2.12. The molecule has 106 valence electrons. The molecule has 0 atom stereocenters. The van der Waals surface area contributed by atoms with Crippen LogP contribution >= 0.6 is 0 Å². The standard InChI is InChI=1S/C14H16N2O4/c1-9(2)16-10(7-11(15-16)14(18)19)8-20-13-6-4-3-5-12(13)17/h3-7,9,17H,8H2,1-2H3,(H,18,19). The molecular formula is C14H16N2O4. The van der Waals surface area contributed by atoms with Gasteiger partial charge in [0.25, 0.3) is 0 Å². The minimum absolute atomic E-state index is 0.0189. The molecular weight excluding hydrogens is 260 g/mol. The van der Waals surface area contributed by atoms with E-state index in [2.05, 4.69) is 5.10 Å². The lowest BCUT2D eigenvalue weighted by atomic mass is 10.3. The zero-order valence-electron chi connectivity index (χ0n) is 11.3. The first-order chi connectivity index (χ1) is 9.49. The molecule has 1 aromatic carbocycles. The van der Waals surface area contributed by atoms with Crippen LogP contribution in [0.2, 0.25) is 0 Å². The van der Waals surface area contributed by atoms with Crippen LogP contribution in [0, 0.1) is 0 Å². The van der Waals surface area contributed by atoms with E-state index >= 15 is 0 Å². The maximum absolute atomic E-state index is 11.0. The Morgan fingerprint density at radius 3 is 2.70 bits per heavy atom. The van der Waals surface area contributed by atoms with Crippen LogP contribution in [0.25, 0.3) is 0 Å². The van der Waals surface area contributed by atoms with Crippen LogP contribution in [0.15, 0.2) is 30.3 Å². The number of carboxylic acids is 1. The van der Waals surface area contributed by atoms with Crippen molar-refractivity contribution in [3.63, 3.8) is 0 Å². The van der Waals surface area contributed by atoms with Crippen LogP contribution in [0.5, 0.6) is 11.5 Å². The Bertz CT molecular complexity index is 619. The van der Waals surface area contributed by atoms with Gasteiger partial charge in [-0.25, -0.2) is 4.79 Å². The molecule has 2 rings (SSSR count). The van der Waals surface area contributed by atoms with Crippen molar-refractivity contribution in [2.45, 2.75) is 26.5 Å². The smallest absolute Gasteiger partial charge is 0.356 e. The molecule has 0 saturated heterocycles. The number of hydrogen-bond donors (Lipinski definition) is 2. The Hall–Kier alpha value is -2.50. The number of aromatic nitrogens is 2. The summed E-state index contributed by atoms with van der Waals surface area (Å²) in [4.78, 5) is 11.0. The number of aromatic hydroxyl groups is 1. The summed E-state index contributed by atoms with van der Waals surface area (Å²) in [6.45, 7) is 3.94. The molecule has 0 aliphatic carbocycles. The van der Waals surface area contributed by atoms with Crippen molar-refractivity contribution < 1.29 is 19.7 Å². The summed E-state index contributed by atoms with van der Waals surface area (Å²) in [5.41, 5.74) is 0.621. The summed E-state index contributed by atoms with van der Waals surface area (Å²) in [5.74, 6) is -0.685. The van der Waals surface area contributed by atoms with Gasteiger partial charge in [-0.05, 0) is 32.0 Å². The third kappa shape index (κ3) is 2.90. The third-order valence-corrected chi connectivity index (χ3v) is 2.76. The van der Waals surface area contributed by atoms with Crippen molar-refractivity contribution in [1.82, 2.24) is 9.78 Å². The lowest BCUT2D eigenvalue weighted by Crippen LogP contribution is -2.10. The number of benzene rings is 1. The minimum atomic E-state index is -1.08. The van der Waals surface area contributed by atoms with Gasteiger partial charge in [-0.2, -0.15) is 5.10 Å². The molecule has 2 N–H and O–H groups in total. The van der Waals surface area contributed by atoms with Gasteiger partial charge in [0.05, 0.1) is 5.69 Å². The second kappa shape index (κ2) is 5.64. The highest BCUT2D eigenvalue weighted by atomic mass is 16.5. The topological polar surface area (TPSA) is 84.6 Å². The van der Waals surface area contributed by atoms with Gasteiger partial charge in [-0.15, -0.1) is 0 Å². The lowest BCUT2D eigenvalue weighted by molar-refractivity contribution is 0.0689. The number of rotatable bonds is 5. The van der Waals surface area contributed by atoms with Crippen molar-refractivity contribution in [2.75, 3.05) is 0 Å². The average molecular weight is 276 g/mol. The molecule has 1 aromatic heterocycles. The van der Waals surface area contributed by atoms with Gasteiger partial charge in [0, 0.05) is 6.04 Å². The number of phenols is 1. The summed E-state index contributed by atoms with van der Waals surface area (Å²) < 4.78 is 7.10. The van der Waals surface area contributed by atoms with E-state index in [0.29, 0.717) is 11.4 Å². The molecule has 0 amide bonds. The van der Waals surface area contributed by atoms with E-state index in [4.69, 9.17) is 9.84 Å². The maximum atomic E-state index is 11.0. The van der Waals surface area contributed by atoms with E-state index in [1.807, 2.05) is 13.8 Å². The predicted molar refractivity (Wildman–Crippen MR) is 72.0 cm³/mol. The van der Waals surface area contributed by atoms with Crippen molar-refractivity contribution in [3.05, 3.63) is 41.7 Å². The fourth-order valence-corrected chi connectivity index (χ4v) is 1.82. The van der Waals surface area contributed by atoms with Gasteiger partial charge < -0.3 is 14.9 Å². The van der Waals surface area contributed by atoms with E-state index in [1.165, 1.54) is 12.1 Å². The number of aromatic carboxylic acids is 1. The zero-order valence-corrected chi connectivity index (χ0v) is 11.3. The molecule has 6 heteroatoms. The fraction of sp³-hybridized carbons (Fsp3) is 0.286. The van der Waals surface area contributed by atoms with Gasteiger partial charge in [0.1, 0.15) is 6.61 Å². The van der Waals surface area contributed by atoms with Crippen LogP contribution in [0.1, 0.15) is 36.1 Å². The second-order valence-corrected chi connectivity index (χ2v) is 4.62. The van der Waals surface area contributed by atoms with Gasteiger partial charge in [-0.1, -0.05) is 12.1 Å². The minimum Gasteiger partial charge on any atom is -0.504 e. The van der Waals surface area contributed by atoms with E-state index in [1.54, 1.807) is 22.9 Å². The van der Waals surface area contributed by atoms with Gasteiger partial charge in [0.2, 0.25) is 0 Å². The molecule has 2 aromatic rings. The third-order valence-electron chi connectivity index (χ3n) is 2.76. The number of hydrogen-bond acceptors (Lipinski definition) is 4. The summed E-state index contributed by atoms with van der Waals surface area (Å²) in [6, 6.07) is 8.11. The van der Waals surface area contributed by atoms with Crippen LogP contribution in [-0.2, 0) is 6.61 Å². The summed E-state index contributed by atoms with van der Waals surface area (Å²) in [6.07, 6.45) is 0. The Balaban J connectivity index is 2.20. The van der Waals surface area contributed by atoms with Crippen molar-refractivity contribution >= 4 is 5.97 Å². The molecule has 0 aliphatic rings. The maximum Gasteiger partial charge on any atom is 0.356 e. The first kappa shape index (κ1) is 13.9. The highest BCUT2D eigenvalue weighted by molar-refractivity contribution is 5.85. The molecule has 20 heavy (non-hydrogen) atoms. The Morgan fingerprint density at radius 1 is 1.40 bits per heavy atom. The van der Waals surface area contributed by atoms with Crippen LogP contribution < -0.4 is 4.74 Å². The molecule has 6 nitrogen and oxygen atoms in total. The number of phenolic OH excluding ortho intramolecular Hbond substituents is 1. The number of nitrogens with zero attached hydrogens (tertiary/aromatic N) is 2. The van der Waals surface area contributed by atoms with E-state index in [0.717, 1.165) is 0 Å². The van der Waals surface area contributed by atoms with Crippen molar-refractivity contribution in [2.24, 2.45) is 0 Å². The Kier molecular flexibility index (Phi) is 3.93. The molecule has 0 radical (unpaired) electrons. The Morgan fingerprint density at radius 2 is 2.10 bits per heavy atom. The monoisotopic (exact) mass is 276 g/mol. The molecule has 0 spiro atoms. The number of carbonyl (C=O) groups is 1. The van der Waals surface area contributed by atoms with E-state index < -0.39 is 5.97 Å².